The summed E-state index contributed by atoms with van der Waals surface area (Å²) in [4.78, 5) is 0. The van der Waals surface area contributed by atoms with Crippen molar-refractivity contribution in [3.63, 3.8) is 0 Å². The number of aryl methyl sites for hydroxylation is 1. The molecule has 0 radical (unpaired) electrons. The molecule has 0 aliphatic carbocycles. The molecule has 0 amide bonds. The van der Waals surface area contributed by atoms with Crippen LogP contribution in [0.3, 0.4) is 0 Å². The molecular weight excluding hydrogens is 182 g/mol. The SMILES string of the molecule is CC(C)SCC(N)c1cnn(C)c1. The zero-order valence-electron chi connectivity index (χ0n) is 8.40. The smallest absolute Gasteiger partial charge is 0.0537 e. The van der Waals surface area contributed by atoms with Crippen molar-refractivity contribution in [2.45, 2.75) is 25.1 Å². The molecule has 1 atom stereocenters. The molecule has 1 heterocycles. The lowest BCUT2D eigenvalue weighted by molar-refractivity contribution is 0.763. The molecule has 0 spiro atoms. The Bertz CT molecular complexity index is 257. The van der Waals surface area contributed by atoms with Gasteiger partial charge in [0.25, 0.3) is 0 Å². The molecule has 0 aromatic carbocycles. The van der Waals surface area contributed by atoms with Gasteiger partial charge in [-0.2, -0.15) is 16.9 Å². The minimum Gasteiger partial charge on any atom is -0.323 e. The van der Waals surface area contributed by atoms with Crippen LogP contribution in [0.4, 0.5) is 0 Å². The Morgan fingerprint density at radius 3 is 2.77 bits per heavy atom. The highest BCUT2D eigenvalue weighted by atomic mass is 32.2. The molecule has 1 rings (SSSR count). The van der Waals surface area contributed by atoms with Gasteiger partial charge in [0.15, 0.2) is 0 Å². The first-order chi connectivity index (χ1) is 6.09. The fourth-order valence-electron chi connectivity index (χ4n) is 1.02. The molecule has 13 heavy (non-hydrogen) atoms. The first-order valence-electron chi connectivity index (χ1n) is 4.45. The molecule has 74 valence electrons. The quantitative estimate of drug-likeness (QED) is 0.800. The summed E-state index contributed by atoms with van der Waals surface area (Å²) < 4.78 is 1.79. The number of rotatable bonds is 4. The summed E-state index contributed by atoms with van der Waals surface area (Å²) in [5.74, 6) is 0.962. The van der Waals surface area contributed by atoms with E-state index in [1.165, 1.54) is 0 Å². The summed E-state index contributed by atoms with van der Waals surface area (Å²) in [6.07, 6.45) is 3.82. The Morgan fingerprint density at radius 1 is 1.62 bits per heavy atom. The average Bonchev–Trinajstić information content (AvgIpc) is 2.47. The lowest BCUT2D eigenvalue weighted by atomic mass is 10.2. The minimum absolute atomic E-state index is 0.112. The van der Waals surface area contributed by atoms with Gasteiger partial charge in [-0.25, -0.2) is 0 Å². The maximum Gasteiger partial charge on any atom is 0.0537 e. The summed E-state index contributed by atoms with van der Waals surface area (Å²) in [7, 11) is 1.91. The van der Waals surface area contributed by atoms with E-state index < -0.39 is 0 Å². The third-order valence-electron chi connectivity index (χ3n) is 1.76. The van der Waals surface area contributed by atoms with Crippen molar-refractivity contribution >= 4 is 11.8 Å². The van der Waals surface area contributed by atoms with Crippen molar-refractivity contribution in [1.82, 2.24) is 9.78 Å². The molecule has 0 bridgehead atoms. The van der Waals surface area contributed by atoms with Crippen LogP contribution < -0.4 is 5.73 Å². The highest BCUT2D eigenvalue weighted by Crippen LogP contribution is 2.18. The first kappa shape index (κ1) is 10.6. The van der Waals surface area contributed by atoms with Gasteiger partial charge in [-0.15, -0.1) is 0 Å². The largest absolute Gasteiger partial charge is 0.323 e. The van der Waals surface area contributed by atoms with Crippen molar-refractivity contribution in [1.29, 1.82) is 0 Å². The molecule has 1 aromatic heterocycles. The predicted molar refractivity (Wildman–Crippen MR) is 57.7 cm³/mol. The lowest BCUT2D eigenvalue weighted by Gasteiger charge is -2.10. The van der Waals surface area contributed by atoms with Crippen molar-refractivity contribution < 1.29 is 0 Å². The molecule has 0 fully saturated rings. The van der Waals surface area contributed by atoms with E-state index in [2.05, 4.69) is 18.9 Å². The van der Waals surface area contributed by atoms with E-state index in [1.54, 1.807) is 4.68 Å². The van der Waals surface area contributed by atoms with E-state index in [0.29, 0.717) is 5.25 Å². The van der Waals surface area contributed by atoms with Crippen molar-refractivity contribution in [2.24, 2.45) is 12.8 Å². The Labute approximate surface area is 83.7 Å². The molecule has 2 N–H and O–H groups in total. The predicted octanol–water partition coefficient (Wildman–Crippen LogP) is 1.56. The van der Waals surface area contributed by atoms with Crippen molar-refractivity contribution in [3.8, 4) is 0 Å². The maximum atomic E-state index is 5.98. The van der Waals surface area contributed by atoms with Crippen LogP contribution in [0.25, 0.3) is 0 Å². The molecule has 0 saturated heterocycles. The van der Waals surface area contributed by atoms with Gasteiger partial charge < -0.3 is 5.73 Å². The van der Waals surface area contributed by atoms with Crippen LogP contribution in [0, 0.1) is 0 Å². The summed E-state index contributed by atoms with van der Waals surface area (Å²) in [6.45, 7) is 4.36. The number of hydrogen-bond donors (Lipinski definition) is 1. The molecule has 0 saturated carbocycles. The maximum absolute atomic E-state index is 5.98. The van der Waals surface area contributed by atoms with Gasteiger partial charge in [0, 0.05) is 30.6 Å². The zero-order valence-corrected chi connectivity index (χ0v) is 9.21. The highest BCUT2D eigenvalue weighted by Gasteiger charge is 2.08. The Balaban J connectivity index is 2.44. The van der Waals surface area contributed by atoms with E-state index >= 15 is 0 Å². The Hall–Kier alpha value is -0.480. The highest BCUT2D eigenvalue weighted by molar-refractivity contribution is 7.99. The normalized spacial score (nSPS) is 13.6. The number of nitrogens with two attached hydrogens (primary N) is 1. The first-order valence-corrected chi connectivity index (χ1v) is 5.50. The molecule has 4 heteroatoms. The number of hydrogen-bond acceptors (Lipinski definition) is 3. The summed E-state index contributed by atoms with van der Waals surface area (Å²) in [6, 6.07) is 0.112. The van der Waals surface area contributed by atoms with Crippen LogP contribution >= 0.6 is 11.8 Å². The summed E-state index contributed by atoms with van der Waals surface area (Å²) >= 11 is 1.88. The molecule has 1 aromatic rings. The topological polar surface area (TPSA) is 43.8 Å². The van der Waals surface area contributed by atoms with Crippen LogP contribution in [0.5, 0.6) is 0 Å². The van der Waals surface area contributed by atoms with E-state index in [9.17, 15) is 0 Å². The van der Waals surface area contributed by atoms with Crippen molar-refractivity contribution in [2.75, 3.05) is 5.75 Å². The standard InChI is InChI=1S/C9H17N3S/c1-7(2)13-6-9(10)8-4-11-12(3)5-8/h4-5,7,9H,6,10H2,1-3H3. The van der Waals surface area contributed by atoms with Gasteiger partial charge in [0.1, 0.15) is 0 Å². The second-order valence-electron chi connectivity index (χ2n) is 3.44. The van der Waals surface area contributed by atoms with E-state index in [-0.39, 0.29) is 6.04 Å². The van der Waals surface area contributed by atoms with Gasteiger partial charge in [-0.3, -0.25) is 4.68 Å². The van der Waals surface area contributed by atoms with Crippen molar-refractivity contribution in [3.05, 3.63) is 18.0 Å². The molecule has 3 nitrogen and oxygen atoms in total. The number of aromatic nitrogens is 2. The second-order valence-corrected chi connectivity index (χ2v) is 5.05. The minimum atomic E-state index is 0.112. The zero-order chi connectivity index (χ0) is 9.84. The lowest BCUT2D eigenvalue weighted by Crippen LogP contribution is -2.13. The van der Waals surface area contributed by atoms with Gasteiger partial charge in [0.05, 0.1) is 6.20 Å². The van der Waals surface area contributed by atoms with Gasteiger partial charge in [-0.05, 0) is 5.25 Å². The van der Waals surface area contributed by atoms with Crippen LogP contribution in [0.1, 0.15) is 25.5 Å². The number of nitrogens with zero attached hydrogens (tertiary/aromatic N) is 2. The van der Waals surface area contributed by atoms with E-state index in [4.69, 9.17) is 5.73 Å². The van der Waals surface area contributed by atoms with Crippen LogP contribution in [0.15, 0.2) is 12.4 Å². The Morgan fingerprint density at radius 2 is 2.31 bits per heavy atom. The van der Waals surface area contributed by atoms with E-state index in [1.807, 2.05) is 31.2 Å². The third-order valence-corrected chi connectivity index (χ3v) is 2.98. The van der Waals surface area contributed by atoms with Gasteiger partial charge in [0.2, 0.25) is 0 Å². The molecule has 0 aliphatic rings. The van der Waals surface area contributed by atoms with Crippen LogP contribution in [-0.4, -0.2) is 20.8 Å². The summed E-state index contributed by atoms with van der Waals surface area (Å²) in [5, 5.41) is 4.73. The monoisotopic (exact) mass is 199 g/mol. The number of thioether (sulfide) groups is 1. The average molecular weight is 199 g/mol. The summed E-state index contributed by atoms with van der Waals surface area (Å²) in [5.41, 5.74) is 7.10. The third kappa shape index (κ3) is 3.40. The van der Waals surface area contributed by atoms with Crippen LogP contribution in [0.2, 0.25) is 0 Å². The van der Waals surface area contributed by atoms with Crippen LogP contribution in [-0.2, 0) is 7.05 Å². The van der Waals surface area contributed by atoms with E-state index in [0.717, 1.165) is 11.3 Å². The molecule has 1 unspecified atom stereocenters. The van der Waals surface area contributed by atoms with Gasteiger partial charge in [-0.1, -0.05) is 13.8 Å². The fraction of sp³-hybridized carbons (Fsp3) is 0.667. The van der Waals surface area contributed by atoms with Gasteiger partial charge >= 0.3 is 0 Å². The Kier molecular flexibility index (Phi) is 3.81. The second kappa shape index (κ2) is 4.67. The fourth-order valence-corrected chi connectivity index (χ4v) is 1.81. The molecular formula is C9H17N3S. The molecule has 0 aliphatic heterocycles.